The number of nitrogens with zero attached hydrogens (tertiary/aromatic N) is 3. The summed E-state index contributed by atoms with van der Waals surface area (Å²) in [5.41, 5.74) is 1.47. The van der Waals surface area contributed by atoms with Gasteiger partial charge in [0.25, 0.3) is 5.91 Å². The van der Waals surface area contributed by atoms with Gasteiger partial charge in [-0.2, -0.15) is 5.10 Å². The third-order valence-corrected chi connectivity index (χ3v) is 8.60. The molecule has 0 radical (unpaired) electrons. The number of anilines is 1. The highest BCUT2D eigenvalue weighted by Crippen LogP contribution is 2.41. The molecule has 0 saturated carbocycles. The number of hydrogen-bond acceptors (Lipinski definition) is 4. The molecule has 0 bridgehead atoms. The molecule has 192 valence electrons. The first-order valence-electron chi connectivity index (χ1n) is 13.5. The van der Waals surface area contributed by atoms with Crippen molar-refractivity contribution < 1.29 is 9.53 Å². The second kappa shape index (κ2) is 9.89. The number of benzene rings is 1. The third kappa shape index (κ3) is 4.52. The highest BCUT2D eigenvalue weighted by atomic mass is 16.5. The molecule has 3 atom stereocenters. The summed E-state index contributed by atoms with van der Waals surface area (Å²) in [4.78, 5) is 16.3. The Bertz CT molecular complexity index is 1130. The number of hydrogen-bond donors (Lipinski definition) is 1. The third-order valence-electron chi connectivity index (χ3n) is 8.60. The van der Waals surface area contributed by atoms with E-state index in [0.717, 1.165) is 43.5 Å². The van der Waals surface area contributed by atoms with E-state index in [9.17, 15) is 4.79 Å². The summed E-state index contributed by atoms with van der Waals surface area (Å²) in [5, 5.41) is 8.45. The number of nitrogens with one attached hydrogen (secondary N) is 1. The maximum Gasteiger partial charge on any atom is 0.259 e. The van der Waals surface area contributed by atoms with Crippen LogP contribution in [0.3, 0.4) is 0 Å². The zero-order valence-electron chi connectivity index (χ0n) is 22.1. The number of carbonyl (C=O) groups is 1. The SMILES string of the molecule is CCC1(CC)C[C@@H](OCc2ccccc2)CN1C(=O)c1cnn2c1N[C@@H](C1C=CC=CC1)CC2(C)C. The molecule has 1 amide bonds. The molecule has 6 nitrogen and oxygen atoms in total. The number of fused-ring (bicyclic) bond motifs is 1. The van der Waals surface area contributed by atoms with Gasteiger partial charge >= 0.3 is 0 Å². The van der Waals surface area contributed by atoms with E-state index in [-0.39, 0.29) is 29.1 Å². The number of likely N-dealkylation sites (tertiary alicyclic amines) is 1. The van der Waals surface area contributed by atoms with E-state index in [2.05, 4.69) is 74.3 Å². The Labute approximate surface area is 215 Å². The normalized spacial score (nSPS) is 26.0. The van der Waals surface area contributed by atoms with Crippen molar-refractivity contribution in [3.05, 3.63) is 72.0 Å². The van der Waals surface area contributed by atoms with E-state index < -0.39 is 0 Å². The summed E-state index contributed by atoms with van der Waals surface area (Å²) in [6.07, 6.45) is 15.2. The Morgan fingerprint density at radius 2 is 1.92 bits per heavy atom. The molecule has 1 saturated heterocycles. The molecule has 1 aromatic carbocycles. The fourth-order valence-corrected chi connectivity index (χ4v) is 6.37. The number of allylic oxidation sites excluding steroid dienone is 3. The van der Waals surface area contributed by atoms with E-state index in [1.54, 1.807) is 6.20 Å². The number of amides is 1. The zero-order valence-corrected chi connectivity index (χ0v) is 22.1. The van der Waals surface area contributed by atoms with E-state index >= 15 is 0 Å². The molecule has 6 heteroatoms. The van der Waals surface area contributed by atoms with Gasteiger partial charge in [-0.25, -0.2) is 4.68 Å². The first-order valence-corrected chi connectivity index (χ1v) is 13.5. The number of rotatable bonds is 7. The Kier molecular flexibility index (Phi) is 6.82. The van der Waals surface area contributed by atoms with Gasteiger partial charge in [-0.1, -0.05) is 68.5 Å². The van der Waals surface area contributed by atoms with Crippen LogP contribution in [0.4, 0.5) is 5.82 Å². The summed E-state index contributed by atoms with van der Waals surface area (Å²) in [7, 11) is 0. The van der Waals surface area contributed by atoms with Crippen LogP contribution in [0.25, 0.3) is 0 Å². The summed E-state index contributed by atoms with van der Waals surface area (Å²) in [5.74, 6) is 1.33. The molecule has 36 heavy (non-hydrogen) atoms. The van der Waals surface area contributed by atoms with Crippen molar-refractivity contribution in [1.29, 1.82) is 0 Å². The lowest BCUT2D eigenvalue weighted by Gasteiger charge is -2.41. The van der Waals surface area contributed by atoms with Crippen LogP contribution >= 0.6 is 0 Å². The highest BCUT2D eigenvalue weighted by molar-refractivity contribution is 5.99. The van der Waals surface area contributed by atoms with Crippen molar-refractivity contribution in [2.75, 3.05) is 11.9 Å². The fourth-order valence-electron chi connectivity index (χ4n) is 6.37. The van der Waals surface area contributed by atoms with Gasteiger partial charge < -0.3 is 15.0 Å². The molecule has 5 rings (SSSR count). The molecule has 2 aromatic rings. The Morgan fingerprint density at radius 3 is 2.61 bits per heavy atom. The van der Waals surface area contributed by atoms with Crippen LogP contribution in [0.2, 0.25) is 0 Å². The van der Waals surface area contributed by atoms with Crippen molar-refractivity contribution in [2.24, 2.45) is 5.92 Å². The van der Waals surface area contributed by atoms with Crippen LogP contribution in [0.1, 0.15) is 75.7 Å². The topological polar surface area (TPSA) is 59.4 Å². The predicted molar refractivity (Wildman–Crippen MR) is 144 cm³/mol. The fraction of sp³-hybridized carbons (Fsp3) is 0.533. The van der Waals surface area contributed by atoms with Gasteiger partial charge in [0, 0.05) is 24.0 Å². The first-order chi connectivity index (χ1) is 17.4. The summed E-state index contributed by atoms with van der Waals surface area (Å²) >= 11 is 0. The minimum Gasteiger partial charge on any atom is -0.372 e. The van der Waals surface area contributed by atoms with E-state index in [4.69, 9.17) is 9.84 Å². The van der Waals surface area contributed by atoms with Crippen LogP contribution < -0.4 is 5.32 Å². The van der Waals surface area contributed by atoms with E-state index in [1.807, 2.05) is 22.9 Å². The summed E-state index contributed by atoms with van der Waals surface area (Å²) in [6.45, 7) is 10.0. The second-order valence-electron chi connectivity index (χ2n) is 11.3. The first kappa shape index (κ1) is 24.8. The van der Waals surface area contributed by atoms with Crippen molar-refractivity contribution in [2.45, 2.75) is 89.6 Å². The van der Waals surface area contributed by atoms with Gasteiger partial charge in [0.05, 0.1) is 24.4 Å². The van der Waals surface area contributed by atoms with Crippen molar-refractivity contribution in [1.82, 2.24) is 14.7 Å². The van der Waals surface area contributed by atoms with Gasteiger partial charge in [-0.05, 0) is 51.5 Å². The molecule has 1 unspecified atom stereocenters. The molecule has 0 spiro atoms. The molecule has 3 heterocycles. The lowest BCUT2D eigenvalue weighted by atomic mass is 9.82. The van der Waals surface area contributed by atoms with Gasteiger partial charge in [-0.15, -0.1) is 0 Å². The maximum atomic E-state index is 14.2. The Morgan fingerprint density at radius 1 is 1.14 bits per heavy atom. The quantitative estimate of drug-likeness (QED) is 0.525. The van der Waals surface area contributed by atoms with Gasteiger partial charge in [0.2, 0.25) is 0 Å². The maximum absolute atomic E-state index is 14.2. The van der Waals surface area contributed by atoms with Crippen LogP contribution in [0.5, 0.6) is 0 Å². The van der Waals surface area contributed by atoms with Crippen LogP contribution in [-0.4, -0.2) is 44.8 Å². The van der Waals surface area contributed by atoms with Crippen LogP contribution in [0, 0.1) is 5.92 Å². The number of ether oxygens (including phenoxy) is 1. The van der Waals surface area contributed by atoms with Crippen molar-refractivity contribution >= 4 is 11.7 Å². The summed E-state index contributed by atoms with van der Waals surface area (Å²) in [6, 6.07) is 10.5. The zero-order chi connectivity index (χ0) is 25.3. The predicted octanol–water partition coefficient (Wildman–Crippen LogP) is 5.92. The molecule has 1 N–H and O–H groups in total. The molecule has 1 fully saturated rings. The standard InChI is InChI=1S/C30H40N4O2/c1-5-30(6-2)17-24(36-21-22-13-9-7-10-14-22)20-33(30)28(35)25-19-31-34-27(25)32-26(18-29(34,3)4)23-15-11-8-12-16-23/h7-15,19,23-24,26,32H,5-6,16-18,20-21H2,1-4H3/t23?,24-,26-/m1/s1. The molecule has 2 aliphatic heterocycles. The van der Waals surface area contributed by atoms with E-state index in [0.29, 0.717) is 24.6 Å². The van der Waals surface area contributed by atoms with Crippen molar-refractivity contribution in [3.8, 4) is 0 Å². The number of aromatic nitrogens is 2. The molecular formula is C30H40N4O2. The lowest BCUT2D eigenvalue weighted by Crippen LogP contribution is -2.48. The minimum atomic E-state index is -0.201. The Balaban J connectivity index is 1.39. The molecule has 3 aliphatic rings. The summed E-state index contributed by atoms with van der Waals surface area (Å²) < 4.78 is 8.37. The Hall–Kier alpha value is -2.86. The van der Waals surface area contributed by atoms with Gasteiger partial charge in [-0.3, -0.25) is 4.79 Å². The molecule has 1 aromatic heterocycles. The minimum absolute atomic E-state index is 0.0248. The van der Waals surface area contributed by atoms with Crippen LogP contribution in [-0.2, 0) is 16.9 Å². The largest absolute Gasteiger partial charge is 0.372 e. The van der Waals surface area contributed by atoms with Crippen LogP contribution in [0.15, 0.2) is 60.8 Å². The van der Waals surface area contributed by atoms with Gasteiger partial charge in [0.15, 0.2) is 0 Å². The number of carbonyl (C=O) groups excluding carboxylic acids is 1. The van der Waals surface area contributed by atoms with Crippen molar-refractivity contribution in [3.63, 3.8) is 0 Å². The molecule has 1 aliphatic carbocycles. The second-order valence-corrected chi connectivity index (χ2v) is 11.3. The van der Waals surface area contributed by atoms with E-state index in [1.165, 1.54) is 0 Å². The van der Waals surface area contributed by atoms with Gasteiger partial charge in [0.1, 0.15) is 11.4 Å². The monoisotopic (exact) mass is 488 g/mol. The highest BCUT2D eigenvalue weighted by Gasteiger charge is 2.48. The molecular weight excluding hydrogens is 448 g/mol. The average Bonchev–Trinajstić information content (AvgIpc) is 3.51. The smallest absolute Gasteiger partial charge is 0.259 e. The average molecular weight is 489 g/mol. The lowest BCUT2D eigenvalue weighted by molar-refractivity contribution is 0.0436.